The first-order chi connectivity index (χ1) is 12.7. The highest BCUT2D eigenvalue weighted by molar-refractivity contribution is 5.83. The van der Waals surface area contributed by atoms with Gasteiger partial charge in [-0.15, -0.1) is 0 Å². The van der Waals surface area contributed by atoms with Gasteiger partial charge in [0.25, 0.3) is 0 Å². The van der Waals surface area contributed by atoms with Crippen molar-refractivity contribution >= 4 is 11.0 Å². The topological polar surface area (TPSA) is 57.3 Å². The van der Waals surface area contributed by atoms with Crippen LogP contribution in [0.5, 0.6) is 5.75 Å². The third-order valence-electron chi connectivity index (χ3n) is 4.47. The van der Waals surface area contributed by atoms with Gasteiger partial charge in [-0.25, -0.2) is 4.68 Å². The molecule has 0 aliphatic heterocycles. The van der Waals surface area contributed by atoms with E-state index < -0.39 is 0 Å². The van der Waals surface area contributed by atoms with Gasteiger partial charge in [0.2, 0.25) is 5.43 Å². The largest absolute Gasteiger partial charge is 0.496 e. The SMILES string of the molecule is CCc1cc2c(=O)c(-c3cnn(-c4ccccc4)c3)coc2cc1OC. The van der Waals surface area contributed by atoms with E-state index in [4.69, 9.17) is 9.15 Å². The van der Waals surface area contributed by atoms with Crippen LogP contribution in [0.15, 0.2) is 70.3 Å². The maximum Gasteiger partial charge on any atom is 0.200 e. The maximum atomic E-state index is 13.0. The van der Waals surface area contributed by atoms with E-state index in [0.717, 1.165) is 29.0 Å². The minimum Gasteiger partial charge on any atom is -0.496 e. The Hall–Kier alpha value is -3.34. The van der Waals surface area contributed by atoms with Gasteiger partial charge in [-0.2, -0.15) is 5.10 Å². The fraction of sp³-hybridized carbons (Fsp3) is 0.143. The highest BCUT2D eigenvalue weighted by atomic mass is 16.5. The summed E-state index contributed by atoms with van der Waals surface area (Å²) in [4.78, 5) is 13.0. The van der Waals surface area contributed by atoms with Gasteiger partial charge in [0.15, 0.2) is 0 Å². The summed E-state index contributed by atoms with van der Waals surface area (Å²) in [6.45, 7) is 2.03. The number of hydrogen-bond acceptors (Lipinski definition) is 4. The van der Waals surface area contributed by atoms with Crippen LogP contribution in [0.3, 0.4) is 0 Å². The van der Waals surface area contributed by atoms with Gasteiger partial charge in [-0.3, -0.25) is 4.79 Å². The van der Waals surface area contributed by atoms with E-state index in [-0.39, 0.29) is 5.43 Å². The van der Waals surface area contributed by atoms with E-state index in [2.05, 4.69) is 5.10 Å². The van der Waals surface area contributed by atoms with Gasteiger partial charge in [-0.05, 0) is 30.2 Å². The number of para-hydroxylation sites is 1. The highest BCUT2D eigenvalue weighted by Crippen LogP contribution is 2.27. The summed E-state index contributed by atoms with van der Waals surface area (Å²) in [5.74, 6) is 0.729. The molecule has 0 N–H and O–H groups in total. The predicted molar refractivity (Wildman–Crippen MR) is 101 cm³/mol. The molecule has 5 nitrogen and oxygen atoms in total. The van der Waals surface area contributed by atoms with Crippen molar-refractivity contribution in [2.75, 3.05) is 7.11 Å². The van der Waals surface area contributed by atoms with Gasteiger partial charge in [0.05, 0.1) is 29.9 Å². The number of aromatic nitrogens is 2. The molecule has 4 rings (SSSR count). The average molecular weight is 346 g/mol. The van der Waals surface area contributed by atoms with E-state index in [1.165, 1.54) is 6.26 Å². The maximum absolute atomic E-state index is 13.0. The molecule has 0 radical (unpaired) electrons. The molecule has 0 fully saturated rings. The molecule has 0 aliphatic rings. The van der Waals surface area contributed by atoms with Crippen molar-refractivity contribution in [1.29, 1.82) is 0 Å². The quantitative estimate of drug-likeness (QED) is 0.555. The van der Waals surface area contributed by atoms with E-state index in [1.807, 2.05) is 49.5 Å². The molecule has 2 aromatic carbocycles. The molecule has 0 unspecified atom stereocenters. The van der Waals surface area contributed by atoms with Crippen molar-refractivity contribution < 1.29 is 9.15 Å². The zero-order valence-corrected chi connectivity index (χ0v) is 14.6. The van der Waals surface area contributed by atoms with Gasteiger partial charge in [0.1, 0.15) is 17.6 Å². The number of rotatable bonds is 4. The number of benzene rings is 2. The predicted octanol–water partition coefficient (Wildman–Crippen LogP) is 4.22. The van der Waals surface area contributed by atoms with E-state index in [9.17, 15) is 4.79 Å². The molecule has 0 spiro atoms. The van der Waals surface area contributed by atoms with Crippen LogP contribution in [0.25, 0.3) is 27.8 Å². The molecule has 5 heteroatoms. The summed E-state index contributed by atoms with van der Waals surface area (Å²) in [6, 6.07) is 13.4. The van der Waals surface area contributed by atoms with Crippen molar-refractivity contribution in [3.05, 3.63) is 76.9 Å². The minimum absolute atomic E-state index is 0.0729. The summed E-state index contributed by atoms with van der Waals surface area (Å²) in [5.41, 5.74) is 3.57. The van der Waals surface area contributed by atoms with Crippen LogP contribution in [0, 0.1) is 0 Å². The Morgan fingerprint density at radius 3 is 2.73 bits per heavy atom. The summed E-state index contributed by atoms with van der Waals surface area (Å²) >= 11 is 0. The van der Waals surface area contributed by atoms with Crippen molar-refractivity contribution in [2.45, 2.75) is 13.3 Å². The molecule has 0 amide bonds. The number of ether oxygens (including phenoxy) is 1. The third-order valence-corrected chi connectivity index (χ3v) is 4.47. The van der Waals surface area contributed by atoms with Crippen LogP contribution >= 0.6 is 0 Å². The molecule has 2 heterocycles. The standard InChI is InChI=1S/C21H18N2O3/c1-3-14-9-17-20(10-19(14)25-2)26-13-18(21(17)24)15-11-22-23(12-15)16-7-5-4-6-8-16/h4-13H,3H2,1-2H3. The summed E-state index contributed by atoms with van der Waals surface area (Å²) in [7, 11) is 1.62. The Morgan fingerprint density at radius 2 is 2.00 bits per heavy atom. The van der Waals surface area contributed by atoms with Crippen molar-refractivity contribution in [3.8, 4) is 22.6 Å². The lowest BCUT2D eigenvalue weighted by molar-refractivity contribution is 0.409. The number of fused-ring (bicyclic) bond motifs is 1. The number of nitrogens with zero attached hydrogens (tertiary/aromatic N) is 2. The Kier molecular flexibility index (Phi) is 4.05. The van der Waals surface area contributed by atoms with Crippen molar-refractivity contribution in [2.24, 2.45) is 0 Å². The van der Waals surface area contributed by atoms with Crippen molar-refractivity contribution in [1.82, 2.24) is 9.78 Å². The first-order valence-corrected chi connectivity index (χ1v) is 8.44. The van der Waals surface area contributed by atoms with Crippen LogP contribution in [0.4, 0.5) is 0 Å². The zero-order valence-electron chi connectivity index (χ0n) is 14.6. The zero-order chi connectivity index (χ0) is 18.1. The second-order valence-corrected chi connectivity index (χ2v) is 6.00. The van der Waals surface area contributed by atoms with Crippen LogP contribution in [0.1, 0.15) is 12.5 Å². The molecule has 26 heavy (non-hydrogen) atoms. The number of hydrogen-bond donors (Lipinski definition) is 0. The highest BCUT2D eigenvalue weighted by Gasteiger charge is 2.14. The third kappa shape index (κ3) is 2.67. The minimum atomic E-state index is -0.0729. The molecule has 130 valence electrons. The Labute approximate surface area is 150 Å². The summed E-state index contributed by atoms with van der Waals surface area (Å²) < 4.78 is 12.8. The molecule has 2 aromatic heterocycles. The molecular weight excluding hydrogens is 328 g/mol. The average Bonchev–Trinajstić information content (AvgIpc) is 3.18. The molecule has 0 bridgehead atoms. The number of aryl methyl sites for hydroxylation is 1. The van der Waals surface area contributed by atoms with Gasteiger partial charge in [-0.1, -0.05) is 25.1 Å². The van der Waals surface area contributed by atoms with Gasteiger partial charge >= 0.3 is 0 Å². The molecule has 0 saturated carbocycles. The molecule has 4 aromatic rings. The normalized spacial score (nSPS) is 11.0. The lowest BCUT2D eigenvalue weighted by Crippen LogP contribution is -2.05. The smallest absolute Gasteiger partial charge is 0.200 e. The molecular formula is C21H18N2O3. The van der Waals surface area contributed by atoms with Crippen molar-refractivity contribution in [3.63, 3.8) is 0 Å². The first-order valence-electron chi connectivity index (χ1n) is 8.44. The van der Waals surface area contributed by atoms with E-state index in [1.54, 1.807) is 24.1 Å². The monoisotopic (exact) mass is 346 g/mol. The molecule has 0 atom stereocenters. The van der Waals surface area contributed by atoms with Crippen LogP contribution < -0.4 is 10.2 Å². The van der Waals surface area contributed by atoms with Crippen LogP contribution in [-0.2, 0) is 6.42 Å². The van der Waals surface area contributed by atoms with Gasteiger partial charge in [0, 0.05) is 17.8 Å². The fourth-order valence-electron chi connectivity index (χ4n) is 3.05. The Morgan fingerprint density at radius 1 is 1.19 bits per heavy atom. The Balaban J connectivity index is 1.84. The van der Waals surface area contributed by atoms with E-state index >= 15 is 0 Å². The fourth-order valence-corrected chi connectivity index (χ4v) is 3.05. The van der Waals surface area contributed by atoms with Gasteiger partial charge < -0.3 is 9.15 Å². The first kappa shape index (κ1) is 16.1. The number of methoxy groups -OCH3 is 1. The lowest BCUT2D eigenvalue weighted by atomic mass is 10.0. The lowest BCUT2D eigenvalue weighted by Gasteiger charge is -2.08. The second-order valence-electron chi connectivity index (χ2n) is 6.00. The second kappa shape index (κ2) is 6.52. The van der Waals surface area contributed by atoms with Crippen LogP contribution in [-0.4, -0.2) is 16.9 Å². The summed E-state index contributed by atoms with van der Waals surface area (Å²) in [6.07, 6.45) is 5.77. The molecule has 0 saturated heterocycles. The Bertz CT molecular complexity index is 1130. The molecule has 0 aliphatic carbocycles. The van der Waals surface area contributed by atoms with E-state index in [0.29, 0.717) is 16.5 Å². The summed E-state index contributed by atoms with van der Waals surface area (Å²) in [5, 5.41) is 4.91. The van der Waals surface area contributed by atoms with Crippen LogP contribution in [0.2, 0.25) is 0 Å².